The Labute approximate surface area is 230 Å². The predicted molar refractivity (Wildman–Crippen MR) is 159 cm³/mol. The van der Waals surface area contributed by atoms with Crippen molar-refractivity contribution in [2.75, 3.05) is 13.2 Å². The molecule has 0 fully saturated rings. The first-order chi connectivity index (χ1) is 16.4. The van der Waals surface area contributed by atoms with E-state index in [4.69, 9.17) is 15.6 Å². The van der Waals surface area contributed by atoms with Gasteiger partial charge in [-0.1, -0.05) is 96.9 Å². The summed E-state index contributed by atoms with van der Waals surface area (Å²) in [6.45, 7) is 33.8. The Kier molecular flexibility index (Phi) is 21.5. The van der Waals surface area contributed by atoms with Crippen LogP contribution in [0.1, 0.15) is 136 Å². The van der Waals surface area contributed by atoms with E-state index >= 15 is 0 Å². The predicted octanol–water partition coefficient (Wildman–Crippen LogP) is 8.48. The van der Waals surface area contributed by atoms with Crippen molar-refractivity contribution in [1.82, 2.24) is 5.32 Å². The maximum absolute atomic E-state index is 10.9. The van der Waals surface area contributed by atoms with Crippen LogP contribution in [0.15, 0.2) is 0 Å². The van der Waals surface area contributed by atoms with E-state index in [9.17, 15) is 14.7 Å². The monoisotopic (exact) mass is 534 g/mol. The number of amides is 2. The lowest BCUT2D eigenvalue weighted by atomic mass is 9.70. The van der Waals surface area contributed by atoms with E-state index in [1.807, 2.05) is 55.4 Å². The molecule has 0 aromatic carbocycles. The Morgan fingerprint density at radius 2 is 1.16 bits per heavy atom. The van der Waals surface area contributed by atoms with Gasteiger partial charge in [0.15, 0.2) is 0 Å². The van der Waals surface area contributed by atoms with Gasteiger partial charge in [-0.05, 0) is 67.1 Å². The minimum absolute atomic E-state index is 0.0678. The third kappa shape index (κ3) is 28.9. The van der Waals surface area contributed by atoms with Crippen LogP contribution in [0.5, 0.6) is 0 Å². The fourth-order valence-corrected chi connectivity index (χ4v) is 5.72. The summed E-state index contributed by atoms with van der Waals surface area (Å²) in [6, 6.07) is 0. The molecule has 0 unspecified atom stereocenters. The molecule has 37 heavy (non-hydrogen) atoms. The SMILES string of the molecule is CC.CC.CC(C)(CNC(=O)O)CC(C)(C)CC(C)(C)OC(N)=O.CC(C)CC(C)(C)CC(C)(C)CO. The van der Waals surface area contributed by atoms with E-state index in [-0.39, 0.29) is 22.9 Å². The molecule has 0 aromatic rings. The van der Waals surface area contributed by atoms with E-state index in [0.717, 1.165) is 18.8 Å². The zero-order chi connectivity index (χ0) is 30.9. The first-order valence-electron chi connectivity index (χ1n) is 14.0. The summed E-state index contributed by atoms with van der Waals surface area (Å²) in [4.78, 5) is 21.5. The Morgan fingerprint density at radius 1 is 0.757 bits per heavy atom. The maximum Gasteiger partial charge on any atom is 0.405 e. The normalized spacial score (nSPS) is 12.2. The van der Waals surface area contributed by atoms with Crippen molar-refractivity contribution >= 4 is 12.2 Å². The highest BCUT2D eigenvalue weighted by Crippen LogP contribution is 2.40. The largest absolute Gasteiger partial charge is 0.465 e. The van der Waals surface area contributed by atoms with Crippen LogP contribution in [-0.2, 0) is 4.74 Å². The third-order valence-electron chi connectivity index (χ3n) is 5.30. The number of nitrogens with one attached hydrogen (secondary N) is 1. The van der Waals surface area contributed by atoms with E-state index in [2.05, 4.69) is 60.7 Å². The van der Waals surface area contributed by atoms with Gasteiger partial charge in [0.05, 0.1) is 0 Å². The van der Waals surface area contributed by atoms with Gasteiger partial charge < -0.3 is 26.0 Å². The second-order valence-electron chi connectivity index (χ2n) is 13.8. The summed E-state index contributed by atoms with van der Waals surface area (Å²) in [5.74, 6) is 0.740. The smallest absolute Gasteiger partial charge is 0.405 e. The van der Waals surface area contributed by atoms with Crippen molar-refractivity contribution < 1.29 is 24.5 Å². The summed E-state index contributed by atoms with van der Waals surface area (Å²) in [5, 5.41) is 20.3. The number of carbonyl (C=O) groups is 2. The molecule has 0 saturated heterocycles. The van der Waals surface area contributed by atoms with Gasteiger partial charge in [-0.2, -0.15) is 0 Å². The number of primary amides is 1. The van der Waals surface area contributed by atoms with Crippen molar-refractivity contribution in [3.8, 4) is 0 Å². The molecule has 226 valence electrons. The zero-order valence-corrected chi connectivity index (χ0v) is 27.5. The number of hydrogen-bond acceptors (Lipinski definition) is 4. The molecular formula is C30H66N2O5. The van der Waals surface area contributed by atoms with Crippen molar-refractivity contribution in [1.29, 1.82) is 0 Å². The minimum Gasteiger partial charge on any atom is -0.465 e. The molecule has 0 radical (unpaired) electrons. The average Bonchev–Trinajstić information content (AvgIpc) is 2.65. The first kappa shape index (κ1) is 42.6. The number of aliphatic hydroxyl groups is 1. The van der Waals surface area contributed by atoms with Crippen molar-refractivity contribution in [3.63, 3.8) is 0 Å². The lowest BCUT2D eigenvalue weighted by molar-refractivity contribution is 0.00152. The Bertz CT molecular complexity index is 609. The Hall–Kier alpha value is -1.50. The fraction of sp³-hybridized carbons (Fsp3) is 0.933. The molecule has 0 spiro atoms. The van der Waals surface area contributed by atoms with Crippen molar-refractivity contribution in [2.24, 2.45) is 33.3 Å². The lowest BCUT2D eigenvalue weighted by Gasteiger charge is -2.39. The van der Waals surface area contributed by atoms with Crippen LogP contribution in [0.4, 0.5) is 9.59 Å². The fourth-order valence-electron chi connectivity index (χ4n) is 5.72. The zero-order valence-electron chi connectivity index (χ0n) is 27.5. The van der Waals surface area contributed by atoms with E-state index in [1.165, 1.54) is 6.42 Å². The van der Waals surface area contributed by atoms with Gasteiger partial charge in [0.1, 0.15) is 5.60 Å². The van der Waals surface area contributed by atoms with Gasteiger partial charge in [0, 0.05) is 13.2 Å². The van der Waals surface area contributed by atoms with Gasteiger partial charge in [0.25, 0.3) is 0 Å². The molecule has 0 heterocycles. The standard InChI is InChI=1S/C14H28N2O4.C12H26O.2C2H6/c1-12(2,8-14(5,6)20-10(15)17)7-13(3,4)9-16-11(18)19;1-10(2)7-11(3,4)8-12(5,6)9-13;2*1-2/h16H,7-9H2,1-6H3,(H2,15,17)(H,18,19);10,13H,7-9H2,1-6H3;2*1-2H3. The molecule has 2 amide bonds. The topological polar surface area (TPSA) is 122 Å². The molecule has 5 N–H and O–H groups in total. The summed E-state index contributed by atoms with van der Waals surface area (Å²) in [7, 11) is 0. The number of hydrogen-bond donors (Lipinski definition) is 4. The van der Waals surface area contributed by atoms with Crippen LogP contribution in [0, 0.1) is 27.6 Å². The molecule has 0 saturated carbocycles. The highest BCUT2D eigenvalue weighted by Gasteiger charge is 2.36. The van der Waals surface area contributed by atoms with Crippen LogP contribution in [-0.4, -0.2) is 41.2 Å². The molecule has 0 aliphatic rings. The molecule has 0 aliphatic carbocycles. The number of ether oxygens (including phenoxy) is 1. The van der Waals surface area contributed by atoms with Gasteiger partial charge in [0.2, 0.25) is 0 Å². The molecular weight excluding hydrogens is 468 g/mol. The highest BCUT2D eigenvalue weighted by atomic mass is 16.6. The average molecular weight is 535 g/mol. The summed E-state index contributed by atoms with van der Waals surface area (Å²) < 4.78 is 5.12. The van der Waals surface area contributed by atoms with E-state index in [1.54, 1.807) is 0 Å². The minimum atomic E-state index is -1.02. The number of aliphatic hydroxyl groups excluding tert-OH is 1. The summed E-state index contributed by atoms with van der Waals surface area (Å²) in [5.41, 5.74) is 4.53. The molecule has 0 atom stereocenters. The number of nitrogens with two attached hydrogens (primary N) is 1. The Balaban J connectivity index is -0.000000276. The number of rotatable bonds is 12. The maximum atomic E-state index is 10.9. The highest BCUT2D eigenvalue weighted by molar-refractivity contribution is 5.65. The van der Waals surface area contributed by atoms with Crippen molar-refractivity contribution in [3.05, 3.63) is 0 Å². The molecule has 7 nitrogen and oxygen atoms in total. The number of carbonyl (C=O) groups excluding carboxylic acids is 1. The number of carboxylic acid groups (broad SMARTS) is 1. The van der Waals surface area contributed by atoms with Gasteiger partial charge >= 0.3 is 12.2 Å². The quantitative estimate of drug-likeness (QED) is 0.200. The van der Waals surface area contributed by atoms with Crippen LogP contribution in [0.2, 0.25) is 0 Å². The summed E-state index contributed by atoms with van der Waals surface area (Å²) in [6.07, 6.45) is 1.95. The van der Waals surface area contributed by atoms with Crippen LogP contribution in [0.25, 0.3) is 0 Å². The van der Waals surface area contributed by atoms with Gasteiger partial charge in [-0.25, -0.2) is 9.59 Å². The summed E-state index contributed by atoms with van der Waals surface area (Å²) >= 11 is 0. The van der Waals surface area contributed by atoms with Gasteiger partial charge in [-0.15, -0.1) is 0 Å². The second kappa shape index (κ2) is 18.7. The third-order valence-corrected chi connectivity index (χ3v) is 5.30. The lowest BCUT2D eigenvalue weighted by Crippen LogP contribution is -2.40. The molecule has 0 bridgehead atoms. The van der Waals surface area contributed by atoms with E-state index < -0.39 is 17.8 Å². The van der Waals surface area contributed by atoms with Crippen LogP contribution in [0.3, 0.4) is 0 Å². The molecule has 0 rings (SSSR count). The Morgan fingerprint density at radius 3 is 1.49 bits per heavy atom. The first-order valence-corrected chi connectivity index (χ1v) is 14.0. The van der Waals surface area contributed by atoms with E-state index in [0.29, 0.717) is 18.4 Å². The van der Waals surface area contributed by atoms with Crippen LogP contribution >= 0.6 is 0 Å². The van der Waals surface area contributed by atoms with Crippen LogP contribution < -0.4 is 11.1 Å². The molecule has 0 aliphatic heterocycles. The second-order valence-corrected chi connectivity index (χ2v) is 13.8. The van der Waals surface area contributed by atoms with Gasteiger partial charge in [-0.3, -0.25) is 0 Å². The van der Waals surface area contributed by atoms with Crippen molar-refractivity contribution in [2.45, 2.75) is 142 Å². The molecule has 0 aromatic heterocycles. The molecule has 7 heteroatoms.